The Balaban J connectivity index is 1.34. The molecule has 142 valence electrons. The molecule has 2 aromatic carbocycles. The number of hydrogen-bond acceptors (Lipinski definition) is 3. The van der Waals surface area contributed by atoms with Crippen molar-refractivity contribution in [3.63, 3.8) is 0 Å². The van der Waals surface area contributed by atoms with Crippen LogP contribution >= 0.6 is 0 Å². The minimum Gasteiger partial charge on any atom is -0.349 e. The summed E-state index contributed by atoms with van der Waals surface area (Å²) in [5.41, 5.74) is 3.31. The molecule has 1 aliphatic rings. The first-order valence-corrected chi connectivity index (χ1v) is 9.42. The first-order valence-electron chi connectivity index (χ1n) is 9.42. The molecule has 3 N–H and O–H groups in total. The summed E-state index contributed by atoms with van der Waals surface area (Å²) in [5, 5.41) is 5.86. The Kier molecular flexibility index (Phi) is 4.93. The summed E-state index contributed by atoms with van der Waals surface area (Å²) in [6, 6.07) is 15.0. The highest BCUT2D eigenvalue weighted by Gasteiger charge is 2.23. The van der Waals surface area contributed by atoms with Crippen molar-refractivity contribution in [2.75, 3.05) is 0 Å². The fourth-order valence-electron chi connectivity index (χ4n) is 2.92. The monoisotopic (exact) mass is 374 g/mol. The van der Waals surface area contributed by atoms with Crippen molar-refractivity contribution in [2.24, 2.45) is 0 Å². The van der Waals surface area contributed by atoms with Crippen molar-refractivity contribution >= 4 is 28.9 Å². The molecule has 1 heterocycles. The number of para-hydroxylation sites is 2. The molecule has 1 unspecified atom stereocenters. The molecule has 1 saturated carbocycles. The van der Waals surface area contributed by atoms with Crippen molar-refractivity contribution in [3.8, 4) is 0 Å². The minimum absolute atomic E-state index is 0.0459. The molecule has 0 bridgehead atoms. The number of hydrogen-bond donors (Lipinski definition) is 3. The number of benzene rings is 2. The molecule has 28 heavy (non-hydrogen) atoms. The SMILES string of the molecule is CC(NC(=O)/C=C/c1ccc(C(=O)NC2CC2)cc1)c1nc2ccccc2[nH]1. The van der Waals surface area contributed by atoms with Gasteiger partial charge in [-0.15, -0.1) is 0 Å². The minimum atomic E-state index is -0.238. The van der Waals surface area contributed by atoms with Crippen molar-refractivity contribution in [3.05, 3.63) is 71.6 Å². The number of carbonyl (C=O) groups excluding carboxylic acids is 2. The molecule has 1 aliphatic carbocycles. The number of H-pyrrole nitrogens is 1. The van der Waals surface area contributed by atoms with E-state index < -0.39 is 0 Å². The van der Waals surface area contributed by atoms with Crippen LogP contribution in [0.1, 0.15) is 47.6 Å². The van der Waals surface area contributed by atoms with Crippen LogP contribution in [0.2, 0.25) is 0 Å². The van der Waals surface area contributed by atoms with Gasteiger partial charge in [0.2, 0.25) is 5.91 Å². The number of rotatable bonds is 6. The summed E-state index contributed by atoms with van der Waals surface area (Å²) in [6.45, 7) is 1.89. The van der Waals surface area contributed by atoms with Crippen LogP contribution in [-0.2, 0) is 4.79 Å². The largest absolute Gasteiger partial charge is 0.349 e. The van der Waals surface area contributed by atoms with Crippen LogP contribution < -0.4 is 10.6 Å². The topological polar surface area (TPSA) is 86.9 Å². The van der Waals surface area contributed by atoms with Crippen molar-refractivity contribution < 1.29 is 9.59 Å². The predicted octanol–water partition coefficient (Wildman–Crippen LogP) is 3.35. The Bertz CT molecular complexity index is 999. The van der Waals surface area contributed by atoms with Crippen LogP contribution in [0.3, 0.4) is 0 Å². The highest BCUT2D eigenvalue weighted by atomic mass is 16.2. The zero-order valence-corrected chi connectivity index (χ0v) is 15.6. The Morgan fingerprint density at radius 1 is 1.14 bits per heavy atom. The van der Waals surface area contributed by atoms with Crippen molar-refractivity contribution in [1.29, 1.82) is 0 Å². The average molecular weight is 374 g/mol. The van der Waals surface area contributed by atoms with Gasteiger partial charge < -0.3 is 15.6 Å². The molecule has 0 spiro atoms. The van der Waals surface area contributed by atoms with E-state index in [1.807, 2.05) is 43.3 Å². The van der Waals surface area contributed by atoms with E-state index in [9.17, 15) is 9.59 Å². The van der Waals surface area contributed by atoms with Crippen LogP contribution in [-0.4, -0.2) is 27.8 Å². The van der Waals surface area contributed by atoms with Gasteiger partial charge in [0.05, 0.1) is 17.1 Å². The molecular weight excluding hydrogens is 352 g/mol. The summed E-state index contributed by atoms with van der Waals surface area (Å²) in [7, 11) is 0. The van der Waals surface area contributed by atoms with E-state index in [0.29, 0.717) is 17.4 Å². The summed E-state index contributed by atoms with van der Waals surface area (Å²) in [4.78, 5) is 31.9. The fourth-order valence-corrected chi connectivity index (χ4v) is 2.92. The smallest absolute Gasteiger partial charge is 0.251 e. The van der Waals surface area contributed by atoms with Gasteiger partial charge in [-0.05, 0) is 55.7 Å². The normalized spacial score (nSPS) is 14.9. The molecule has 4 rings (SSSR count). The van der Waals surface area contributed by atoms with E-state index >= 15 is 0 Å². The second-order valence-corrected chi connectivity index (χ2v) is 7.07. The van der Waals surface area contributed by atoms with Crippen LogP contribution in [0, 0.1) is 0 Å². The third kappa shape index (κ3) is 4.28. The third-order valence-electron chi connectivity index (χ3n) is 4.69. The van der Waals surface area contributed by atoms with Gasteiger partial charge in [0, 0.05) is 17.7 Å². The van der Waals surface area contributed by atoms with E-state index in [1.165, 1.54) is 6.08 Å². The molecular formula is C22H22N4O2. The number of aromatic amines is 1. The highest BCUT2D eigenvalue weighted by Crippen LogP contribution is 2.19. The van der Waals surface area contributed by atoms with Gasteiger partial charge in [0.1, 0.15) is 5.82 Å². The standard InChI is InChI=1S/C22H22N4O2/c1-14(21-25-18-4-2-3-5-19(18)26-21)23-20(27)13-8-15-6-9-16(10-7-15)22(28)24-17-11-12-17/h2-10,13-14,17H,11-12H2,1H3,(H,23,27)(H,24,28)(H,25,26)/b13-8+. The van der Waals surface area contributed by atoms with Gasteiger partial charge in [-0.3, -0.25) is 9.59 Å². The predicted molar refractivity (Wildman–Crippen MR) is 109 cm³/mol. The number of nitrogens with zero attached hydrogens (tertiary/aromatic N) is 1. The van der Waals surface area contributed by atoms with Gasteiger partial charge >= 0.3 is 0 Å². The summed E-state index contributed by atoms with van der Waals surface area (Å²) in [6.07, 6.45) is 5.34. The lowest BCUT2D eigenvalue weighted by atomic mass is 10.1. The summed E-state index contributed by atoms with van der Waals surface area (Å²) < 4.78 is 0. The lowest BCUT2D eigenvalue weighted by molar-refractivity contribution is -0.117. The quantitative estimate of drug-likeness (QED) is 0.578. The molecule has 1 aromatic heterocycles. The number of amides is 2. The van der Waals surface area contributed by atoms with Gasteiger partial charge in [0.25, 0.3) is 5.91 Å². The van der Waals surface area contributed by atoms with E-state index in [-0.39, 0.29) is 17.9 Å². The molecule has 2 amide bonds. The molecule has 0 saturated heterocycles. The number of imidazole rings is 1. The van der Waals surface area contributed by atoms with Crippen LogP contribution in [0.4, 0.5) is 0 Å². The number of carbonyl (C=O) groups is 2. The number of fused-ring (bicyclic) bond motifs is 1. The van der Waals surface area contributed by atoms with E-state index in [1.54, 1.807) is 18.2 Å². The first kappa shape index (κ1) is 18.0. The molecule has 0 aliphatic heterocycles. The van der Waals surface area contributed by atoms with Gasteiger partial charge in [-0.1, -0.05) is 24.3 Å². The number of aromatic nitrogens is 2. The zero-order chi connectivity index (χ0) is 19.5. The molecule has 6 nitrogen and oxygen atoms in total. The second-order valence-electron chi connectivity index (χ2n) is 7.07. The van der Waals surface area contributed by atoms with Gasteiger partial charge in [-0.2, -0.15) is 0 Å². The maximum atomic E-state index is 12.2. The maximum Gasteiger partial charge on any atom is 0.251 e. The number of nitrogens with one attached hydrogen (secondary N) is 3. The zero-order valence-electron chi connectivity index (χ0n) is 15.6. The summed E-state index contributed by atoms with van der Waals surface area (Å²) >= 11 is 0. The molecule has 3 aromatic rings. The third-order valence-corrected chi connectivity index (χ3v) is 4.69. The van der Waals surface area contributed by atoms with E-state index in [2.05, 4.69) is 20.6 Å². The molecule has 1 atom stereocenters. The van der Waals surface area contributed by atoms with Crippen molar-refractivity contribution in [2.45, 2.75) is 31.8 Å². The van der Waals surface area contributed by atoms with Gasteiger partial charge in [0.15, 0.2) is 0 Å². The molecule has 0 radical (unpaired) electrons. The highest BCUT2D eigenvalue weighted by molar-refractivity contribution is 5.95. The molecule has 6 heteroatoms. The van der Waals surface area contributed by atoms with Crippen molar-refractivity contribution in [1.82, 2.24) is 20.6 Å². The Labute approximate surface area is 163 Å². The fraction of sp³-hybridized carbons (Fsp3) is 0.227. The molecule has 1 fully saturated rings. The average Bonchev–Trinajstić information content (AvgIpc) is 3.40. The van der Waals surface area contributed by atoms with Gasteiger partial charge in [-0.25, -0.2) is 4.98 Å². The Morgan fingerprint density at radius 3 is 2.61 bits per heavy atom. The lowest BCUT2D eigenvalue weighted by Gasteiger charge is -2.09. The van der Waals surface area contributed by atoms with E-state index in [0.717, 1.165) is 29.4 Å². The summed E-state index contributed by atoms with van der Waals surface area (Å²) in [5.74, 6) is 0.466. The van der Waals surface area contributed by atoms with Crippen LogP contribution in [0.25, 0.3) is 17.1 Å². The Morgan fingerprint density at radius 2 is 1.89 bits per heavy atom. The Hall–Kier alpha value is -3.41. The second kappa shape index (κ2) is 7.68. The van der Waals surface area contributed by atoms with Crippen LogP contribution in [0.5, 0.6) is 0 Å². The first-order chi connectivity index (χ1) is 13.6. The maximum absolute atomic E-state index is 12.2. The van der Waals surface area contributed by atoms with E-state index in [4.69, 9.17) is 0 Å². The lowest BCUT2D eigenvalue weighted by Crippen LogP contribution is -2.25. The van der Waals surface area contributed by atoms with Crippen LogP contribution in [0.15, 0.2) is 54.6 Å².